The number of carbonyl (C=O) groups is 1. The van der Waals surface area contributed by atoms with E-state index in [4.69, 9.17) is 4.74 Å². The number of halogens is 1. The highest BCUT2D eigenvalue weighted by molar-refractivity contribution is 5.78. The van der Waals surface area contributed by atoms with Gasteiger partial charge in [-0.3, -0.25) is 4.79 Å². The molecule has 1 aliphatic rings. The van der Waals surface area contributed by atoms with Crippen LogP contribution in [0.2, 0.25) is 0 Å². The van der Waals surface area contributed by atoms with Gasteiger partial charge in [0.2, 0.25) is 0 Å². The fraction of sp³-hybridized carbons (Fsp3) is 0.278. The van der Waals surface area contributed by atoms with Gasteiger partial charge in [-0.15, -0.1) is 0 Å². The van der Waals surface area contributed by atoms with E-state index in [2.05, 4.69) is 5.32 Å². The van der Waals surface area contributed by atoms with Crippen LogP contribution in [0.3, 0.4) is 0 Å². The average molecular weight is 299 g/mol. The molecule has 1 aliphatic carbocycles. The molecule has 2 aromatic rings. The van der Waals surface area contributed by atoms with Crippen LogP contribution >= 0.6 is 0 Å². The van der Waals surface area contributed by atoms with Crippen LogP contribution < -0.4 is 10.1 Å². The number of para-hydroxylation sites is 1. The van der Waals surface area contributed by atoms with Crippen LogP contribution in [-0.4, -0.2) is 12.5 Å². The summed E-state index contributed by atoms with van der Waals surface area (Å²) in [5, 5.41) is 3.05. The van der Waals surface area contributed by atoms with Crippen LogP contribution in [0.1, 0.15) is 24.8 Å². The second-order valence-electron chi connectivity index (χ2n) is 5.57. The van der Waals surface area contributed by atoms with Gasteiger partial charge < -0.3 is 10.1 Å². The van der Waals surface area contributed by atoms with Crippen LogP contribution in [0.5, 0.6) is 5.75 Å². The smallest absolute Gasteiger partial charge is 0.258 e. The normalized spacial score (nSPS) is 15.7. The zero-order chi connectivity index (χ0) is 15.4. The second-order valence-corrected chi connectivity index (χ2v) is 5.57. The van der Waals surface area contributed by atoms with E-state index in [1.165, 1.54) is 12.1 Å². The van der Waals surface area contributed by atoms with Gasteiger partial charge in [-0.25, -0.2) is 4.39 Å². The van der Waals surface area contributed by atoms with Gasteiger partial charge in [0.25, 0.3) is 5.91 Å². The first-order valence-corrected chi connectivity index (χ1v) is 7.43. The second kappa shape index (κ2) is 6.18. The molecule has 1 fully saturated rings. The molecule has 1 saturated carbocycles. The third-order valence-electron chi connectivity index (χ3n) is 4.11. The minimum absolute atomic E-state index is 0.0972. The highest BCUT2D eigenvalue weighted by Gasteiger charge is 2.39. The molecular weight excluding hydrogens is 281 g/mol. The molecule has 2 aromatic carbocycles. The van der Waals surface area contributed by atoms with E-state index in [1.54, 1.807) is 12.1 Å². The lowest BCUT2D eigenvalue weighted by molar-refractivity contribution is -0.126. The van der Waals surface area contributed by atoms with Gasteiger partial charge >= 0.3 is 0 Å². The summed E-state index contributed by atoms with van der Waals surface area (Å²) < 4.78 is 18.7. The first-order valence-electron chi connectivity index (χ1n) is 7.43. The van der Waals surface area contributed by atoms with E-state index in [9.17, 15) is 9.18 Å². The number of carbonyl (C=O) groups excluding carboxylic acids is 1. The number of rotatable bonds is 5. The molecular formula is C18H18FNO2. The van der Waals surface area contributed by atoms with Gasteiger partial charge in [0.05, 0.1) is 5.54 Å². The van der Waals surface area contributed by atoms with Gasteiger partial charge in [-0.05, 0) is 37.0 Å². The Hall–Kier alpha value is -2.36. The highest BCUT2D eigenvalue weighted by atomic mass is 19.1. The van der Waals surface area contributed by atoms with E-state index >= 15 is 0 Å². The van der Waals surface area contributed by atoms with E-state index in [0.717, 1.165) is 24.8 Å². The Kier molecular flexibility index (Phi) is 4.09. The average Bonchev–Trinajstić information content (AvgIpc) is 2.51. The molecule has 1 N–H and O–H groups in total. The summed E-state index contributed by atoms with van der Waals surface area (Å²) in [5.74, 6) is -0.594. The maximum atomic E-state index is 13.5. The van der Waals surface area contributed by atoms with Gasteiger partial charge in [0.1, 0.15) is 0 Å². The predicted molar refractivity (Wildman–Crippen MR) is 82.0 cm³/mol. The minimum atomic E-state index is -0.461. The largest absolute Gasteiger partial charge is 0.481 e. The fourth-order valence-corrected chi connectivity index (χ4v) is 2.78. The molecule has 0 atom stereocenters. The molecule has 0 radical (unpaired) electrons. The summed E-state index contributed by atoms with van der Waals surface area (Å²) in [4.78, 5) is 12.2. The van der Waals surface area contributed by atoms with Crippen LogP contribution in [0.25, 0.3) is 0 Å². The molecule has 114 valence electrons. The summed E-state index contributed by atoms with van der Waals surface area (Å²) in [6.07, 6.45) is 2.92. The van der Waals surface area contributed by atoms with Crippen molar-refractivity contribution < 1.29 is 13.9 Å². The van der Waals surface area contributed by atoms with Gasteiger partial charge in [-0.2, -0.15) is 0 Å². The SMILES string of the molecule is O=C(COc1ccccc1F)NC1(c2ccccc2)CCC1. The van der Waals surface area contributed by atoms with Crippen molar-refractivity contribution in [1.29, 1.82) is 0 Å². The van der Waals surface area contributed by atoms with Crippen molar-refractivity contribution in [3.63, 3.8) is 0 Å². The molecule has 4 heteroatoms. The summed E-state index contributed by atoms with van der Waals surface area (Å²) in [5.41, 5.74) is 0.817. The molecule has 0 spiro atoms. The molecule has 3 nitrogen and oxygen atoms in total. The van der Waals surface area contributed by atoms with E-state index in [0.29, 0.717) is 0 Å². The Labute approximate surface area is 129 Å². The number of ether oxygens (including phenoxy) is 1. The number of nitrogens with one attached hydrogen (secondary N) is 1. The molecule has 0 aliphatic heterocycles. The lowest BCUT2D eigenvalue weighted by atomic mass is 9.72. The molecule has 22 heavy (non-hydrogen) atoms. The van der Waals surface area contributed by atoms with Crippen molar-refractivity contribution in [3.8, 4) is 5.75 Å². The minimum Gasteiger partial charge on any atom is -0.481 e. The number of amides is 1. The quantitative estimate of drug-likeness (QED) is 0.919. The Morgan fingerprint density at radius 1 is 1.09 bits per heavy atom. The zero-order valence-corrected chi connectivity index (χ0v) is 12.2. The van der Waals surface area contributed by atoms with Gasteiger partial charge in [0.15, 0.2) is 18.2 Å². The number of benzene rings is 2. The summed E-state index contributed by atoms with van der Waals surface area (Å²) in [6, 6.07) is 16.0. The van der Waals surface area contributed by atoms with E-state index < -0.39 is 5.82 Å². The summed E-state index contributed by atoms with van der Waals surface area (Å²) >= 11 is 0. The van der Waals surface area contributed by atoms with Crippen molar-refractivity contribution in [2.75, 3.05) is 6.61 Å². The van der Waals surface area contributed by atoms with Gasteiger partial charge in [-0.1, -0.05) is 42.5 Å². The molecule has 0 heterocycles. The van der Waals surface area contributed by atoms with Crippen LogP contribution in [0.15, 0.2) is 54.6 Å². The van der Waals surface area contributed by atoms with Crippen LogP contribution in [-0.2, 0) is 10.3 Å². The number of hydrogen-bond acceptors (Lipinski definition) is 2. The molecule has 0 saturated heterocycles. The molecule has 0 bridgehead atoms. The molecule has 0 unspecified atom stereocenters. The molecule has 1 amide bonds. The Bertz CT molecular complexity index is 653. The predicted octanol–water partition coefficient (Wildman–Crippen LogP) is 3.40. The van der Waals surface area contributed by atoms with Gasteiger partial charge in [0, 0.05) is 0 Å². The van der Waals surface area contributed by atoms with Crippen molar-refractivity contribution >= 4 is 5.91 Å². The van der Waals surface area contributed by atoms with Crippen LogP contribution in [0, 0.1) is 5.82 Å². The molecule has 3 rings (SSSR count). The van der Waals surface area contributed by atoms with Crippen molar-refractivity contribution in [1.82, 2.24) is 5.32 Å². The fourth-order valence-electron chi connectivity index (χ4n) is 2.78. The topological polar surface area (TPSA) is 38.3 Å². The van der Waals surface area contributed by atoms with Crippen molar-refractivity contribution in [2.24, 2.45) is 0 Å². The van der Waals surface area contributed by atoms with E-state index in [-0.39, 0.29) is 23.8 Å². The Morgan fingerprint density at radius 3 is 2.41 bits per heavy atom. The first-order chi connectivity index (χ1) is 10.7. The lowest BCUT2D eigenvalue weighted by Crippen LogP contribution is -2.52. The lowest BCUT2D eigenvalue weighted by Gasteiger charge is -2.43. The third kappa shape index (κ3) is 2.96. The summed E-state index contributed by atoms with van der Waals surface area (Å²) in [6.45, 7) is -0.185. The zero-order valence-electron chi connectivity index (χ0n) is 12.2. The van der Waals surface area contributed by atoms with Crippen molar-refractivity contribution in [2.45, 2.75) is 24.8 Å². The maximum Gasteiger partial charge on any atom is 0.258 e. The highest BCUT2D eigenvalue weighted by Crippen LogP contribution is 2.41. The standard InChI is InChI=1S/C18H18FNO2/c19-15-9-4-5-10-16(15)22-13-17(21)20-18(11-6-12-18)14-7-2-1-3-8-14/h1-5,7-10H,6,11-13H2,(H,20,21). The van der Waals surface area contributed by atoms with E-state index in [1.807, 2.05) is 30.3 Å². The number of hydrogen-bond donors (Lipinski definition) is 1. The van der Waals surface area contributed by atoms with Crippen LogP contribution in [0.4, 0.5) is 4.39 Å². The first kappa shape index (κ1) is 14.6. The summed E-state index contributed by atoms with van der Waals surface area (Å²) in [7, 11) is 0. The van der Waals surface area contributed by atoms with Crippen molar-refractivity contribution in [3.05, 3.63) is 66.0 Å². The third-order valence-corrected chi connectivity index (χ3v) is 4.11. The Morgan fingerprint density at radius 2 is 1.77 bits per heavy atom. The Balaban J connectivity index is 1.63. The molecule has 0 aromatic heterocycles. The maximum absolute atomic E-state index is 13.5. The monoisotopic (exact) mass is 299 g/mol.